The van der Waals surface area contributed by atoms with Crippen LogP contribution in [0.2, 0.25) is 0 Å². The fourth-order valence-electron chi connectivity index (χ4n) is 1.66. The number of hydrogen-bond donors (Lipinski definition) is 2. The van der Waals surface area contributed by atoms with E-state index in [9.17, 15) is 0 Å². The molecule has 0 aromatic carbocycles. The van der Waals surface area contributed by atoms with Crippen LogP contribution >= 0.6 is 0 Å². The number of furan rings is 1. The average Bonchev–Trinajstić information content (AvgIpc) is 2.58. The van der Waals surface area contributed by atoms with Crippen molar-refractivity contribution in [2.24, 2.45) is 5.73 Å². The number of aryl methyl sites for hydroxylation is 1. The van der Waals surface area contributed by atoms with Crippen molar-refractivity contribution in [2.75, 3.05) is 13.1 Å². The first-order chi connectivity index (χ1) is 5.77. The SMILES string of the molecule is Cc1ccc([C@@H]2CNC[C@H]2N)o1. The zero-order valence-electron chi connectivity index (χ0n) is 7.21. The van der Waals surface area contributed by atoms with Crippen LogP contribution in [0.1, 0.15) is 17.4 Å². The van der Waals surface area contributed by atoms with E-state index in [4.69, 9.17) is 10.2 Å². The Hall–Kier alpha value is -0.800. The Balaban J connectivity index is 2.19. The molecule has 2 atom stereocenters. The van der Waals surface area contributed by atoms with Crippen LogP contribution in [-0.4, -0.2) is 19.1 Å². The van der Waals surface area contributed by atoms with Crippen molar-refractivity contribution in [3.8, 4) is 0 Å². The summed E-state index contributed by atoms with van der Waals surface area (Å²) in [6.07, 6.45) is 0. The lowest BCUT2D eigenvalue weighted by Crippen LogP contribution is -2.27. The predicted molar refractivity (Wildman–Crippen MR) is 47.0 cm³/mol. The molecule has 0 amide bonds. The quantitative estimate of drug-likeness (QED) is 0.642. The van der Waals surface area contributed by atoms with E-state index in [-0.39, 0.29) is 6.04 Å². The Labute approximate surface area is 71.9 Å². The fraction of sp³-hybridized carbons (Fsp3) is 0.556. The van der Waals surface area contributed by atoms with Crippen molar-refractivity contribution >= 4 is 0 Å². The van der Waals surface area contributed by atoms with Gasteiger partial charge in [0.25, 0.3) is 0 Å². The van der Waals surface area contributed by atoms with E-state index in [1.807, 2.05) is 19.1 Å². The van der Waals surface area contributed by atoms with Gasteiger partial charge in [-0.15, -0.1) is 0 Å². The summed E-state index contributed by atoms with van der Waals surface area (Å²) in [6, 6.07) is 4.21. The van der Waals surface area contributed by atoms with Crippen LogP contribution in [0.25, 0.3) is 0 Å². The van der Waals surface area contributed by atoms with Crippen molar-refractivity contribution in [1.29, 1.82) is 0 Å². The largest absolute Gasteiger partial charge is 0.466 e. The highest BCUT2D eigenvalue weighted by molar-refractivity contribution is 5.15. The minimum absolute atomic E-state index is 0.204. The first kappa shape index (κ1) is 7.83. The smallest absolute Gasteiger partial charge is 0.110 e. The molecule has 3 N–H and O–H groups in total. The number of rotatable bonds is 1. The third-order valence-corrected chi connectivity index (χ3v) is 2.39. The maximum absolute atomic E-state index is 5.90. The van der Waals surface area contributed by atoms with Crippen LogP contribution in [-0.2, 0) is 0 Å². The van der Waals surface area contributed by atoms with Crippen LogP contribution in [0.15, 0.2) is 16.5 Å². The first-order valence-electron chi connectivity index (χ1n) is 4.30. The van der Waals surface area contributed by atoms with Gasteiger partial charge >= 0.3 is 0 Å². The monoisotopic (exact) mass is 166 g/mol. The number of hydrogen-bond acceptors (Lipinski definition) is 3. The molecule has 1 aliphatic rings. The molecule has 3 heteroatoms. The van der Waals surface area contributed by atoms with Gasteiger partial charge in [-0.05, 0) is 19.1 Å². The molecule has 3 nitrogen and oxygen atoms in total. The summed E-state index contributed by atoms with van der Waals surface area (Å²) in [5.41, 5.74) is 5.90. The lowest BCUT2D eigenvalue weighted by atomic mass is 10.0. The summed E-state index contributed by atoms with van der Waals surface area (Å²) in [5, 5.41) is 3.24. The molecule has 0 aliphatic carbocycles. The predicted octanol–water partition coefficient (Wildman–Crippen LogP) is 0.602. The summed E-state index contributed by atoms with van der Waals surface area (Å²) in [6.45, 7) is 3.79. The van der Waals surface area contributed by atoms with Gasteiger partial charge in [-0.2, -0.15) is 0 Å². The molecule has 0 unspecified atom stereocenters. The van der Waals surface area contributed by atoms with Crippen molar-refractivity contribution in [2.45, 2.75) is 18.9 Å². The van der Waals surface area contributed by atoms with Gasteiger partial charge in [-0.3, -0.25) is 0 Å². The van der Waals surface area contributed by atoms with Crippen molar-refractivity contribution in [3.05, 3.63) is 23.7 Å². The maximum Gasteiger partial charge on any atom is 0.110 e. The second-order valence-corrected chi connectivity index (χ2v) is 3.38. The molecular formula is C9H14N2O. The molecule has 1 fully saturated rings. The summed E-state index contributed by atoms with van der Waals surface area (Å²) >= 11 is 0. The molecule has 1 aromatic heterocycles. The highest BCUT2D eigenvalue weighted by Crippen LogP contribution is 2.23. The minimum Gasteiger partial charge on any atom is -0.466 e. The van der Waals surface area contributed by atoms with E-state index >= 15 is 0 Å². The van der Waals surface area contributed by atoms with Gasteiger partial charge in [0.1, 0.15) is 11.5 Å². The Morgan fingerprint density at radius 2 is 2.33 bits per heavy atom. The summed E-state index contributed by atoms with van der Waals surface area (Å²) in [4.78, 5) is 0. The molecule has 0 bridgehead atoms. The number of nitrogens with one attached hydrogen (secondary N) is 1. The Kier molecular flexibility index (Phi) is 1.90. The molecule has 12 heavy (non-hydrogen) atoms. The second-order valence-electron chi connectivity index (χ2n) is 3.38. The van der Waals surface area contributed by atoms with Gasteiger partial charge in [0.15, 0.2) is 0 Å². The van der Waals surface area contributed by atoms with Crippen LogP contribution in [0, 0.1) is 6.92 Å². The first-order valence-corrected chi connectivity index (χ1v) is 4.30. The van der Waals surface area contributed by atoms with Gasteiger partial charge in [0.2, 0.25) is 0 Å². The third kappa shape index (κ3) is 1.26. The molecular weight excluding hydrogens is 152 g/mol. The van der Waals surface area contributed by atoms with Gasteiger partial charge < -0.3 is 15.5 Å². The van der Waals surface area contributed by atoms with Crippen molar-refractivity contribution in [3.63, 3.8) is 0 Å². The molecule has 0 radical (unpaired) electrons. The lowest BCUT2D eigenvalue weighted by Gasteiger charge is -2.10. The van der Waals surface area contributed by atoms with Crippen LogP contribution in [0.4, 0.5) is 0 Å². The Bertz CT molecular complexity index is 269. The molecule has 0 spiro atoms. The maximum atomic E-state index is 5.90. The average molecular weight is 166 g/mol. The van der Waals surface area contributed by atoms with Gasteiger partial charge in [0, 0.05) is 25.0 Å². The highest BCUT2D eigenvalue weighted by atomic mass is 16.3. The second kappa shape index (κ2) is 2.92. The molecule has 66 valence electrons. The molecule has 0 saturated carbocycles. The summed E-state index contributed by atoms with van der Waals surface area (Å²) < 4.78 is 5.52. The van der Waals surface area contributed by atoms with Crippen LogP contribution < -0.4 is 11.1 Å². The highest BCUT2D eigenvalue weighted by Gasteiger charge is 2.27. The van der Waals surface area contributed by atoms with E-state index in [1.54, 1.807) is 0 Å². The van der Waals surface area contributed by atoms with Gasteiger partial charge in [-0.25, -0.2) is 0 Å². The lowest BCUT2D eigenvalue weighted by molar-refractivity contribution is 0.438. The third-order valence-electron chi connectivity index (χ3n) is 2.39. The summed E-state index contributed by atoms with van der Waals surface area (Å²) in [7, 11) is 0. The van der Waals surface area contributed by atoms with E-state index in [0.717, 1.165) is 24.6 Å². The minimum atomic E-state index is 0.204. The van der Waals surface area contributed by atoms with Crippen molar-refractivity contribution in [1.82, 2.24) is 5.32 Å². The molecule has 1 aliphatic heterocycles. The Morgan fingerprint density at radius 1 is 1.50 bits per heavy atom. The van der Waals surface area contributed by atoms with Crippen LogP contribution in [0.3, 0.4) is 0 Å². The normalized spacial score (nSPS) is 29.5. The molecule has 2 heterocycles. The molecule has 2 rings (SSSR count). The molecule has 1 saturated heterocycles. The zero-order chi connectivity index (χ0) is 8.55. The van der Waals surface area contributed by atoms with Gasteiger partial charge in [0.05, 0.1) is 0 Å². The topological polar surface area (TPSA) is 51.2 Å². The molecule has 1 aromatic rings. The van der Waals surface area contributed by atoms with E-state index in [2.05, 4.69) is 5.32 Å². The van der Waals surface area contributed by atoms with Crippen molar-refractivity contribution < 1.29 is 4.42 Å². The summed E-state index contributed by atoms with van der Waals surface area (Å²) in [5.74, 6) is 2.34. The van der Waals surface area contributed by atoms with Gasteiger partial charge in [-0.1, -0.05) is 0 Å². The van der Waals surface area contributed by atoms with E-state index < -0.39 is 0 Å². The van der Waals surface area contributed by atoms with E-state index in [0.29, 0.717) is 5.92 Å². The van der Waals surface area contributed by atoms with E-state index in [1.165, 1.54) is 0 Å². The number of nitrogens with two attached hydrogens (primary N) is 1. The standard InChI is InChI=1S/C9H14N2O/c1-6-2-3-9(12-6)7-4-11-5-8(7)10/h2-3,7-8,11H,4-5,10H2,1H3/t7-,8-/m1/s1. The fourth-order valence-corrected chi connectivity index (χ4v) is 1.66. The van der Waals surface area contributed by atoms with Crippen LogP contribution in [0.5, 0.6) is 0 Å². The zero-order valence-corrected chi connectivity index (χ0v) is 7.21. The Morgan fingerprint density at radius 3 is 2.83 bits per heavy atom.